The van der Waals surface area contributed by atoms with E-state index in [-0.39, 0.29) is 43.3 Å². The minimum absolute atomic E-state index is 0. The van der Waals surface area contributed by atoms with Gasteiger partial charge in [-0.15, -0.1) is 42.3 Å². The number of halogens is 3. The number of anilines is 2. The number of benzene rings is 2. The summed E-state index contributed by atoms with van der Waals surface area (Å²) in [5, 5.41) is 24.4. The molecule has 11 heteroatoms. The molecule has 2 aliphatic heterocycles. The maximum Gasteiger partial charge on any atom is 0.156 e. The number of rotatable bonds is 8. The molecule has 2 aromatic carbocycles. The maximum atomic E-state index is 9.78. The third-order valence-electron chi connectivity index (χ3n) is 7.14. The summed E-state index contributed by atoms with van der Waals surface area (Å²) in [7, 11) is 3.35. The molecule has 1 atom stereocenters. The molecule has 1 aromatic heterocycles. The van der Waals surface area contributed by atoms with E-state index in [1.54, 1.807) is 14.2 Å². The molecule has 2 fully saturated rings. The zero-order valence-electron chi connectivity index (χ0n) is 21.8. The van der Waals surface area contributed by atoms with Crippen LogP contribution >= 0.6 is 37.2 Å². The van der Waals surface area contributed by atoms with E-state index in [4.69, 9.17) is 9.47 Å². The van der Waals surface area contributed by atoms with Gasteiger partial charge in [0.05, 0.1) is 25.5 Å². The van der Waals surface area contributed by atoms with E-state index in [0.29, 0.717) is 12.6 Å². The van der Waals surface area contributed by atoms with Gasteiger partial charge < -0.3 is 24.8 Å². The quantitative estimate of drug-likeness (QED) is 0.393. The molecule has 0 radical (unpaired) electrons. The largest absolute Gasteiger partial charge is 0.497 e. The number of methoxy groups -OCH3 is 2. The molecule has 3 aromatic rings. The molecule has 210 valence electrons. The fraction of sp³-hybridized carbons (Fsp3) is 0.481. The first kappa shape index (κ1) is 32.1. The highest BCUT2D eigenvalue weighted by molar-refractivity contribution is 5.94. The van der Waals surface area contributed by atoms with Gasteiger partial charge in [-0.1, -0.05) is 12.1 Å². The van der Waals surface area contributed by atoms with Crippen LogP contribution in [0.4, 0.5) is 11.5 Å². The van der Waals surface area contributed by atoms with Gasteiger partial charge in [-0.3, -0.25) is 4.90 Å². The van der Waals surface area contributed by atoms with E-state index in [1.807, 2.05) is 18.2 Å². The number of aromatic nitrogens is 2. The number of aliphatic hydroxyl groups excluding tert-OH is 1. The van der Waals surface area contributed by atoms with Gasteiger partial charge in [0, 0.05) is 62.3 Å². The van der Waals surface area contributed by atoms with E-state index in [2.05, 4.69) is 49.6 Å². The van der Waals surface area contributed by atoms with Crippen molar-refractivity contribution in [1.29, 1.82) is 0 Å². The maximum absolute atomic E-state index is 9.78. The Hall–Kier alpha value is -2.07. The normalized spacial score (nSPS) is 17.9. The smallest absolute Gasteiger partial charge is 0.156 e. The van der Waals surface area contributed by atoms with Crippen molar-refractivity contribution in [3.8, 4) is 5.75 Å². The minimum atomic E-state index is -0.195. The van der Waals surface area contributed by atoms with Gasteiger partial charge in [-0.2, -0.15) is 5.10 Å². The number of piperidine rings is 1. The lowest BCUT2D eigenvalue weighted by Gasteiger charge is -2.33. The predicted octanol–water partition coefficient (Wildman–Crippen LogP) is 4.70. The number of β-amino-alcohol motifs (C(OH)–C–C–N with tert-alkyl or cyclic N) is 1. The average Bonchev–Trinajstić information content (AvgIpc) is 3.33. The van der Waals surface area contributed by atoms with E-state index in [0.717, 1.165) is 80.0 Å². The summed E-state index contributed by atoms with van der Waals surface area (Å²) >= 11 is 0. The van der Waals surface area contributed by atoms with Gasteiger partial charge in [-0.05, 0) is 55.2 Å². The SMILES string of the molecule is COCc1nnc(NC2CCN(Cc3ccc(N4CC[C@H](O)C4)cc3)CC2)c2cc(OC)ccc12.Cl.Cl.Cl. The van der Waals surface area contributed by atoms with Gasteiger partial charge in [0.25, 0.3) is 0 Å². The van der Waals surface area contributed by atoms with Crippen molar-refractivity contribution in [1.82, 2.24) is 15.1 Å². The van der Waals surface area contributed by atoms with Crippen LogP contribution in [0.3, 0.4) is 0 Å². The third kappa shape index (κ3) is 7.52. The van der Waals surface area contributed by atoms with Gasteiger partial charge in [0.2, 0.25) is 0 Å². The Bertz CT molecular complexity index is 1150. The molecular weight excluding hydrogens is 549 g/mol. The zero-order chi connectivity index (χ0) is 24.2. The molecule has 2 aliphatic rings. The summed E-state index contributed by atoms with van der Waals surface area (Å²) in [5.41, 5.74) is 3.37. The standard InChI is InChI=1S/C27H35N5O3.3ClH/c1-34-18-26-24-8-7-23(35-2)15-25(24)27(30-29-26)28-20-9-12-31(13-10-20)16-19-3-5-21(6-4-19)32-14-11-22(33)17-32;;;/h3-8,15,20,22,33H,9-14,16-18H2,1-2H3,(H,28,30);3*1H/t22-;;;/m0.../s1. The Kier molecular flexibility index (Phi) is 12.6. The highest BCUT2D eigenvalue weighted by Crippen LogP contribution is 2.29. The summed E-state index contributed by atoms with van der Waals surface area (Å²) in [6.45, 7) is 5.13. The molecule has 0 bridgehead atoms. The van der Waals surface area contributed by atoms with Crippen LogP contribution in [0.25, 0.3) is 10.8 Å². The topological polar surface area (TPSA) is 83.0 Å². The van der Waals surface area contributed by atoms with Crippen LogP contribution in [0.2, 0.25) is 0 Å². The summed E-state index contributed by atoms with van der Waals surface area (Å²) in [4.78, 5) is 4.77. The first-order valence-corrected chi connectivity index (χ1v) is 12.5. The fourth-order valence-corrected chi connectivity index (χ4v) is 5.14. The number of hydrogen-bond acceptors (Lipinski definition) is 8. The second kappa shape index (κ2) is 14.9. The van der Waals surface area contributed by atoms with E-state index in [1.165, 1.54) is 11.3 Å². The Morgan fingerprint density at radius 1 is 0.921 bits per heavy atom. The van der Waals surface area contributed by atoms with E-state index in [9.17, 15) is 5.11 Å². The Balaban J connectivity index is 0.00000169. The van der Waals surface area contributed by atoms with Crippen molar-refractivity contribution in [2.75, 3.05) is 50.6 Å². The minimum Gasteiger partial charge on any atom is -0.497 e. The molecule has 0 aliphatic carbocycles. The molecule has 38 heavy (non-hydrogen) atoms. The number of nitrogens with zero attached hydrogens (tertiary/aromatic N) is 4. The summed E-state index contributed by atoms with van der Waals surface area (Å²) in [6, 6.07) is 15.2. The van der Waals surface area contributed by atoms with Crippen molar-refractivity contribution >= 4 is 59.5 Å². The number of hydrogen-bond donors (Lipinski definition) is 2. The molecule has 2 N–H and O–H groups in total. The van der Waals surface area contributed by atoms with Crippen LogP contribution in [0.5, 0.6) is 5.75 Å². The van der Waals surface area contributed by atoms with Gasteiger partial charge in [0.15, 0.2) is 5.82 Å². The van der Waals surface area contributed by atoms with Crippen molar-refractivity contribution in [3.05, 3.63) is 53.7 Å². The molecule has 3 heterocycles. The zero-order valence-corrected chi connectivity index (χ0v) is 24.3. The van der Waals surface area contributed by atoms with Crippen LogP contribution in [0, 0.1) is 0 Å². The number of fused-ring (bicyclic) bond motifs is 1. The molecule has 5 rings (SSSR count). The lowest BCUT2D eigenvalue weighted by Crippen LogP contribution is -2.38. The predicted molar refractivity (Wildman–Crippen MR) is 160 cm³/mol. The third-order valence-corrected chi connectivity index (χ3v) is 7.14. The fourth-order valence-electron chi connectivity index (χ4n) is 5.14. The van der Waals surface area contributed by atoms with Crippen LogP contribution < -0.4 is 15.0 Å². The lowest BCUT2D eigenvalue weighted by atomic mass is 10.0. The average molecular weight is 587 g/mol. The second-order valence-electron chi connectivity index (χ2n) is 9.59. The van der Waals surface area contributed by atoms with Crippen molar-refractivity contribution in [2.24, 2.45) is 0 Å². The lowest BCUT2D eigenvalue weighted by molar-refractivity contribution is 0.182. The molecule has 0 unspecified atom stereocenters. The van der Waals surface area contributed by atoms with Crippen LogP contribution in [-0.2, 0) is 17.9 Å². The monoisotopic (exact) mass is 585 g/mol. The number of nitrogens with one attached hydrogen (secondary N) is 1. The summed E-state index contributed by atoms with van der Waals surface area (Å²) in [6.07, 6.45) is 2.77. The van der Waals surface area contributed by atoms with Gasteiger partial charge in [-0.25, -0.2) is 0 Å². The first-order valence-electron chi connectivity index (χ1n) is 12.5. The van der Waals surface area contributed by atoms with Crippen molar-refractivity contribution in [3.63, 3.8) is 0 Å². The van der Waals surface area contributed by atoms with Crippen LogP contribution in [-0.4, -0.2) is 72.7 Å². The van der Waals surface area contributed by atoms with Crippen LogP contribution in [0.15, 0.2) is 42.5 Å². The molecule has 0 saturated carbocycles. The molecule has 2 saturated heterocycles. The van der Waals surface area contributed by atoms with Crippen LogP contribution in [0.1, 0.15) is 30.5 Å². The van der Waals surface area contributed by atoms with Gasteiger partial charge >= 0.3 is 0 Å². The highest BCUT2D eigenvalue weighted by Gasteiger charge is 2.22. The molecule has 0 spiro atoms. The first-order chi connectivity index (χ1) is 17.1. The number of aliphatic hydroxyl groups is 1. The van der Waals surface area contributed by atoms with Crippen molar-refractivity contribution in [2.45, 2.75) is 44.6 Å². The van der Waals surface area contributed by atoms with Gasteiger partial charge in [0.1, 0.15) is 5.75 Å². The molecular formula is C27H38Cl3N5O3. The Morgan fingerprint density at radius 3 is 2.29 bits per heavy atom. The van der Waals surface area contributed by atoms with E-state index < -0.39 is 0 Å². The number of likely N-dealkylation sites (tertiary alicyclic amines) is 1. The highest BCUT2D eigenvalue weighted by atomic mass is 35.5. The summed E-state index contributed by atoms with van der Waals surface area (Å²) < 4.78 is 10.8. The molecule has 0 amide bonds. The van der Waals surface area contributed by atoms with E-state index >= 15 is 0 Å². The number of ether oxygens (including phenoxy) is 2. The summed E-state index contributed by atoms with van der Waals surface area (Å²) in [5.74, 6) is 1.61. The Labute approximate surface area is 243 Å². The molecule has 8 nitrogen and oxygen atoms in total. The van der Waals surface area contributed by atoms with Crippen molar-refractivity contribution < 1.29 is 14.6 Å². The Morgan fingerprint density at radius 2 is 1.66 bits per heavy atom. The second-order valence-corrected chi connectivity index (χ2v) is 9.59.